The summed E-state index contributed by atoms with van der Waals surface area (Å²) in [7, 11) is 1.48. The van der Waals surface area contributed by atoms with Gasteiger partial charge in [-0.25, -0.2) is 0 Å². The Labute approximate surface area is 213 Å². The number of aryl methyl sites for hydroxylation is 2. The molecule has 1 unspecified atom stereocenters. The predicted octanol–water partition coefficient (Wildman–Crippen LogP) is 5.24. The number of nitrogens with zero attached hydrogens (tertiary/aromatic N) is 2. The second kappa shape index (κ2) is 9.91. The Morgan fingerprint density at radius 1 is 1.20 bits per heavy atom. The lowest BCUT2D eigenvalue weighted by molar-refractivity contribution is 0.0601. The number of aromatic hydroxyl groups is 2. The topological polar surface area (TPSA) is 108 Å². The Morgan fingerprint density at radius 3 is 2.60 bits per heavy atom. The van der Waals surface area contributed by atoms with Gasteiger partial charge in [-0.15, -0.1) is 0 Å². The predicted molar refractivity (Wildman–Crippen MR) is 136 cm³/mol. The molecular formula is C26H30BrN3O5. The van der Waals surface area contributed by atoms with Crippen LogP contribution in [0.1, 0.15) is 59.1 Å². The third kappa shape index (κ3) is 4.62. The first-order chi connectivity index (χ1) is 16.6. The summed E-state index contributed by atoms with van der Waals surface area (Å²) in [6.07, 6.45) is 0.756. The van der Waals surface area contributed by atoms with Crippen molar-refractivity contribution in [3.05, 3.63) is 56.7 Å². The second-order valence-corrected chi connectivity index (χ2v) is 9.92. The fraction of sp³-hybridized carbons (Fsp3) is 0.385. The van der Waals surface area contributed by atoms with Crippen LogP contribution in [0.3, 0.4) is 0 Å². The van der Waals surface area contributed by atoms with Crippen molar-refractivity contribution in [3.8, 4) is 28.5 Å². The molecule has 0 saturated heterocycles. The van der Waals surface area contributed by atoms with Gasteiger partial charge >= 0.3 is 0 Å². The summed E-state index contributed by atoms with van der Waals surface area (Å²) in [6, 6.07) is 6.67. The van der Waals surface area contributed by atoms with E-state index in [1.807, 2.05) is 33.8 Å². The van der Waals surface area contributed by atoms with Crippen LogP contribution in [0.2, 0.25) is 0 Å². The van der Waals surface area contributed by atoms with E-state index >= 15 is 0 Å². The third-order valence-electron chi connectivity index (χ3n) is 6.14. The van der Waals surface area contributed by atoms with Gasteiger partial charge in [-0.2, -0.15) is 5.10 Å². The molecule has 0 fully saturated rings. The van der Waals surface area contributed by atoms with Crippen LogP contribution in [-0.4, -0.2) is 57.6 Å². The summed E-state index contributed by atoms with van der Waals surface area (Å²) in [5, 5.41) is 28.6. The van der Waals surface area contributed by atoms with Gasteiger partial charge in [-0.05, 0) is 84.9 Å². The van der Waals surface area contributed by atoms with E-state index in [1.165, 1.54) is 7.11 Å². The summed E-state index contributed by atoms with van der Waals surface area (Å²) in [6.45, 7) is 8.76. The van der Waals surface area contributed by atoms with Crippen molar-refractivity contribution < 1.29 is 24.5 Å². The number of phenols is 2. The van der Waals surface area contributed by atoms with Crippen molar-refractivity contribution >= 4 is 21.8 Å². The number of nitrogens with one attached hydrogen (secondary N) is 1. The number of hydrogen-bond acceptors (Lipinski definition) is 6. The van der Waals surface area contributed by atoms with Crippen molar-refractivity contribution in [2.24, 2.45) is 0 Å². The molecule has 9 heteroatoms. The summed E-state index contributed by atoms with van der Waals surface area (Å²) < 4.78 is 11.5. The van der Waals surface area contributed by atoms with Crippen LogP contribution in [0.4, 0.5) is 0 Å². The van der Waals surface area contributed by atoms with E-state index in [1.54, 1.807) is 23.1 Å². The molecule has 0 spiro atoms. The molecule has 0 saturated carbocycles. The van der Waals surface area contributed by atoms with Crippen molar-refractivity contribution in [2.45, 2.75) is 46.3 Å². The van der Waals surface area contributed by atoms with Crippen LogP contribution in [0.15, 0.2) is 28.7 Å². The smallest absolute Gasteiger partial charge is 0.273 e. The highest BCUT2D eigenvalue weighted by Crippen LogP contribution is 2.48. The molecule has 1 amide bonds. The van der Waals surface area contributed by atoms with Gasteiger partial charge in [0.2, 0.25) is 0 Å². The molecule has 1 aliphatic rings. The number of hydrogen-bond donors (Lipinski definition) is 3. The fourth-order valence-electron chi connectivity index (χ4n) is 4.68. The molecule has 2 heterocycles. The minimum absolute atomic E-state index is 0.0166. The highest BCUT2D eigenvalue weighted by atomic mass is 79.9. The molecular weight excluding hydrogens is 514 g/mol. The number of aromatic nitrogens is 2. The molecule has 3 N–H and O–H groups in total. The monoisotopic (exact) mass is 543 g/mol. The van der Waals surface area contributed by atoms with Crippen LogP contribution in [0.5, 0.6) is 17.2 Å². The van der Waals surface area contributed by atoms with Crippen LogP contribution in [0, 0.1) is 13.8 Å². The van der Waals surface area contributed by atoms with E-state index in [-0.39, 0.29) is 29.3 Å². The number of benzene rings is 2. The van der Waals surface area contributed by atoms with Crippen molar-refractivity contribution in [1.82, 2.24) is 15.1 Å². The molecule has 35 heavy (non-hydrogen) atoms. The first-order valence-electron chi connectivity index (χ1n) is 11.5. The number of carbonyl (C=O) groups excluding carboxylic acids is 1. The molecule has 8 nitrogen and oxygen atoms in total. The molecule has 0 bridgehead atoms. The van der Waals surface area contributed by atoms with Gasteiger partial charge in [0.05, 0.1) is 23.7 Å². The summed E-state index contributed by atoms with van der Waals surface area (Å²) >= 11 is 3.41. The van der Waals surface area contributed by atoms with E-state index in [4.69, 9.17) is 9.47 Å². The Hall–Kier alpha value is -3.04. The van der Waals surface area contributed by atoms with Gasteiger partial charge in [0.25, 0.3) is 5.91 Å². The van der Waals surface area contributed by atoms with Crippen LogP contribution < -0.4 is 4.74 Å². The zero-order valence-electron chi connectivity index (χ0n) is 20.5. The summed E-state index contributed by atoms with van der Waals surface area (Å²) in [4.78, 5) is 15.3. The molecule has 1 aromatic heterocycles. The van der Waals surface area contributed by atoms with Gasteiger partial charge in [0.15, 0.2) is 11.5 Å². The minimum atomic E-state index is -0.504. The number of rotatable bonds is 8. The quantitative estimate of drug-likeness (QED) is 0.335. The summed E-state index contributed by atoms with van der Waals surface area (Å²) in [5.41, 5.74) is 4.71. The molecule has 0 radical (unpaired) electrons. The lowest BCUT2D eigenvalue weighted by Gasteiger charge is -2.27. The average molecular weight is 544 g/mol. The zero-order valence-corrected chi connectivity index (χ0v) is 22.1. The molecule has 186 valence electrons. The molecule has 2 aromatic carbocycles. The first-order valence-corrected chi connectivity index (χ1v) is 12.3. The fourth-order valence-corrected chi connectivity index (χ4v) is 5.14. The van der Waals surface area contributed by atoms with E-state index in [9.17, 15) is 15.0 Å². The molecule has 1 atom stereocenters. The SMILES string of the molecule is COc1cc(C2c3c(-c4c(C)cc(C)cc4O)n[nH]c3C(=O)N2CCCOC(C)C)cc(Br)c1O. The lowest BCUT2D eigenvalue weighted by atomic mass is 9.93. The Balaban J connectivity index is 1.86. The maximum atomic E-state index is 13.5. The van der Waals surface area contributed by atoms with Crippen LogP contribution in [0.25, 0.3) is 11.3 Å². The number of halogens is 1. The van der Waals surface area contributed by atoms with Gasteiger partial charge in [0, 0.05) is 24.3 Å². The largest absolute Gasteiger partial charge is 0.507 e. The van der Waals surface area contributed by atoms with Gasteiger partial charge < -0.3 is 24.6 Å². The van der Waals surface area contributed by atoms with Gasteiger partial charge in [-0.1, -0.05) is 6.07 Å². The molecule has 0 aliphatic carbocycles. The van der Waals surface area contributed by atoms with Crippen molar-refractivity contribution in [1.29, 1.82) is 0 Å². The highest BCUT2D eigenvalue weighted by molar-refractivity contribution is 9.10. The maximum Gasteiger partial charge on any atom is 0.273 e. The zero-order chi connectivity index (χ0) is 25.4. The van der Waals surface area contributed by atoms with Crippen LogP contribution >= 0.6 is 15.9 Å². The van der Waals surface area contributed by atoms with Crippen LogP contribution in [-0.2, 0) is 4.74 Å². The third-order valence-corrected chi connectivity index (χ3v) is 6.75. The molecule has 1 aliphatic heterocycles. The number of aromatic amines is 1. The van der Waals surface area contributed by atoms with E-state index in [2.05, 4.69) is 26.1 Å². The lowest BCUT2D eigenvalue weighted by Crippen LogP contribution is -2.31. The van der Waals surface area contributed by atoms with E-state index in [0.717, 1.165) is 16.7 Å². The Bertz CT molecular complexity index is 1250. The van der Waals surface area contributed by atoms with Crippen molar-refractivity contribution in [3.63, 3.8) is 0 Å². The first kappa shape index (κ1) is 25.1. The number of ether oxygens (including phenoxy) is 2. The number of amides is 1. The number of H-pyrrole nitrogens is 1. The van der Waals surface area contributed by atoms with Crippen molar-refractivity contribution in [2.75, 3.05) is 20.3 Å². The van der Waals surface area contributed by atoms with E-state index < -0.39 is 6.04 Å². The maximum absolute atomic E-state index is 13.5. The standard InChI is InChI=1S/C26H30BrN3O5/c1-13(2)35-8-6-7-30-24(16-11-17(27)25(32)19(12-16)34-5)21-22(28-29-23(21)26(30)33)20-15(4)9-14(3)10-18(20)31/h9-13,24,31-32H,6-8H2,1-5H3,(H,28,29). The number of carbonyl (C=O) groups is 1. The Morgan fingerprint density at radius 2 is 1.94 bits per heavy atom. The normalized spacial score (nSPS) is 15.2. The number of phenolic OH excluding ortho intramolecular Hbond substituents is 2. The Kier molecular flexibility index (Phi) is 7.10. The number of fused-ring (bicyclic) bond motifs is 1. The molecule has 3 aromatic rings. The highest BCUT2D eigenvalue weighted by Gasteiger charge is 2.43. The van der Waals surface area contributed by atoms with Gasteiger partial charge in [-0.3, -0.25) is 9.89 Å². The minimum Gasteiger partial charge on any atom is -0.507 e. The second-order valence-electron chi connectivity index (χ2n) is 9.06. The van der Waals surface area contributed by atoms with Gasteiger partial charge in [0.1, 0.15) is 17.1 Å². The number of methoxy groups -OCH3 is 1. The van der Waals surface area contributed by atoms with E-state index in [0.29, 0.717) is 46.6 Å². The molecule has 4 rings (SSSR count). The average Bonchev–Trinajstić information content (AvgIpc) is 3.31. The summed E-state index contributed by atoms with van der Waals surface area (Å²) in [5.74, 6) is 0.201.